The SMILES string of the molecule is CS(=O)(=O)NC1CCCC(S(=O)(=O)F)C1. The highest BCUT2D eigenvalue weighted by Crippen LogP contribution is 2.25. The molecule has 1 aliphatic carbocycles. The number of rotatable bonds is 3. The molecule has 2 atom stereocenters. The molecule has 0 aliphatic heterocycles. The fraction of sp³-hybridized carbons (Fsp3) is 1.00. The first-order valence-electron chi connectivity index (χ1n) is 4.59. The van der Waals surface area contributed by atoms with Crippen molar-refractivity contribution in [3.63, 3.8) is 0 Å². The molecule has 5 nitrogen and oxygen atoms in total. The van der Waals surface area contributed by atoms with E-state index in [9.17, 15) is 20.7 Å². The van der Waals surface area contributed by atoms with Gasteiger partial charge in [0.1, 0.15) is 0 Å². The van der Waals surface area contributed by atoms with Crippen LogP contribution in [0.25, 0.3) is 0 Å². The fourth-order valence-electron chi connectivity index (χ4n) is 1.81. The quantitative estimate of drug-likeness (QED) is 0.731. The van der Waals surface area contributed by atoms with Crippen LogP contribution in [0.1, 0.15) is 25.7 Å². The van der Waals surface area contributed by atoms with Gasteiger partial charge in [-0.1, -0.05) is 6.42 Å². The second kappa shape index (κ2) is 4.34. The molecule has 1 aliphatic rings. The summed E-state index contributed by atoms with van der Waals surface area (Å²) >= 11 is 0. The van der Waals surface area contributed by atoms with E-state index in [4.69, 9.17) is 0 Å². The summed E-state index contributed by atoms with van der Waals surface area (Å²) in [7, 11) is -7.91. The Morgan fingerprint density at radius 3 is 2.27 bits per heavy atom. The van der Waals surface area contributed by atoms with Crippen LogP contribution >= 0.6 is 0 Å². The monoisotopic (exact) mass is 259 g/mol. The van der Waals surface area contributed by atoms with Gasteiger partial charge in [0.05, 0.1) is 11.5 Å². The molecule has 0 aromatic carbocycles. The molecule has 15 heavy (non-hydrogen) atoms. The lowest BCUT2D eigenvalue weighted by atomic mass is 9.96. The van der Waals surface area contributed by atoms with Crippen LogP contribution in [0, 0.1) is 0 Å². The zero-order valence-electron chi connectivity index (χ0n) is 8.31. The average Bonchev–Trinajstić information content (AvgIpc) is 1.99. The predicted molar refractivity (Wildman–Crippen MR) is 54.1 cm³/mol. The molecule has 90 valence electrons. The van der Waals surface area contributed by atoms with Crippen molar-refractivity contribution >= 4 is 20.2 Å². The Morgan fingerprint density at radius 2 is 1.80 bits per heavy atom. The van der Waals surface area contributed by atoms with Gasteiger partial charge in [-0.3, -0.25) is 0 Å². The number of hydrogen-bond acceptors (Lipinski definition) is 4. The van der Waals surface area contributed by atoms with Gasteiger partial charge in [-0.15, -0.1) is 3.89 Å². The molecule has 1 rings (SSSR count). The van der Waals surface area contributed by atoms with Gasteiger partial charge in [-0.05, 0) is 19.3 Å². The minimum Gasteiger partial charge on any atom is -0.213 e. The van der Waals surface area contributed by atoms with Gasteiger partial charge < -0.3 is 0 Å². The highest BCUT2D eigenvalue weighted by atomic mass is 32.3. The summed E-state index contributed by atoms with van der Waals surface area (Å²) in [5.41, 5.74) is 0. The first kappa shape index (κ1) is 12.9. The summed E-state index contributed by atoms with van der Waals surface area (Å²) < 4.78 is 58.1. The van der Waals surface area contributed by atoms with E-state index in [1.807, 2.05) is 0 Å². The van der Waals surface area contributed by atoms with Crippen LogP contribution in [0.4, 0.5) is 3.89 Å². The van der Waals surface area contributed by atoms with Crippen molar-refractivity contribution in [2.75, 3.05) is 6.26 Å². The Bertz CT molecular complexity index is 416. The number of halogens is 1. The first-order chi connectivity index (χ1) is 6.68. The highest BCUT2D eigenvalue weighted by Gasteiger charge is 2.32. The molecule has 0 radical (unpaired) electrons. The second-order valence-electron chi connectivity index (χ2n) is 3.85. The molecular formula is C7H14FNO4S2. The summed E-state index contributed by atoms with van der Waals surface area (Å²) in [6, 6.07) is -0.468. The summed E-state index contributed by atoms with van der Waals surface area (Å²) in [5.74, 6) is 0. The maximum absolute atomic E-state index is 12.7. The average molecular weight is 259 g/mol. The van der Waals surface area contributed by atoms with Gasteiger partial charge in [-0.25, -0.2) is 13.1 Å². The lowest BCUT2D eigenvalue weighted by Gasteiger charge is -2.26. The van der Waals surface area contributed by atoms with E-state index in [1.54, 1.807) is 0 Å². The summed E-state index contributed by atoms with van der Waals surface area (Å²) in [6.45, 7) is 0. The molecule has 8 heteroatoms. The maximum atomic E-state index is 12.7. The number of nitrogens with one attached hydrogen (secondary N) is 1. The Hall–Kier alpha value is -0.210. The van der Waals surface area contributed by atoms with Gasteiger partial charge in [0.2, 0.25) is 10.0 Å². The zero-order chi connectivity index (χ0) is 11.7. The first-order valence-corrected chi connectivity index (χ1v) is 7.93. The van der Waals surface area contributed by atoms with Crippen LogP contribution in [-0.2, 0) is 20.2 Å². The molecule has 0 aromatic rings. The molecular weight excluding hydrogens is 245 g/mol. The minimum absolute atomic E-state index is 0.0197. The number of sulfonamides is 1. The lowest BCUT2D eigenvalue weighted by Crippen LogP contribution is -2.40. The van der Waals surface area contributed by atoms with Gasteiger partial charge in [-0.2, -0.15) is 8.42 Å². The standard InChI is InChI=1S/C7H14FNO4S2/c1-14(10,11)9-6-3-2-4-7(5-6)15(8,12)13/h6-7,9H,2-5H2,1H3. The molecule has 0 spiro atoms. The lowest BCUT2D eigenvalue weighted by molar-refractivity contribution is 0.399. The molecule has 0 aromatic heterocycles. The van der Waals surface area contributed by atoms with E-state index in [2.05, 4.69) is 4.72 Å². The van der Waals surface area contributed by atoms with Crippen LogP contribution in [0.15, 0.2) is 0 Å². The van der Waals surface area contributed by atoms with E-state index in [1.165, 1.54) is 0 Å². The Balaban J connectivity index is 2.65. The van der Waals surface area contributed by atoms with Crippen LogP contribution in [0.3, 0.4) is 0 Å². The number of hydrogen-bond donors (Lipinski definition) is 1. The normalized spacial score (nSPS) is 28.9. The van der Waals surface area contributed by atoms with Crippen molar-refractivity contribution in [3.8, 4) is 0 Å². The minimum atomic E-state index is -4.55. The highest BCUT2D eigenvalue weighted by molar-refractivity contribution is 7.88. The summed E-state index contributed by atoms with van der Waals surface area (Å²) in [5, 5.41) is -1.06. The third kappa shape index (κ3) is 4.43. The smallest absolute Gasteiger partial charge is 0.213 e. The van der Waals surface area contributed by atoms with E-state index >= 15 is 0 Å². The summed E-state index contributed by atoms with van der Waals surface area (Å²) in [4.78, 5) is 0. The van der Waals surface area contributed by atoms with Gasteiger partial charge >= 0.3 is 10.2 Å². The van der Waals surface area contributed by atoms with Crippen LogP contribution in [0.2, 0.25) is 0 Å². The van der Waals surface area contributed by atoms with Crippen molar-refractivity contribution in [1.82, 2.24) is 4.72 Å². The third-order valence-electron chi connectivity index (χ3n) is 2.40. The van der Waals surface area contributed by atoms with Crippen molar-refractivity contribution in [1.29, 1.82) is 0 Å². The van der Waals surface area contributed by atoms with E-state index in [-0.39, 0.29) is 12.8 Å². The van der Waals surface area contributed by atoms with E-state index in [0.717, 1.165) is 6.26 Å². The van der Waals surface area contributed by atoms with Crippen LogP contribution in [0.5, 0.6) is 0 Å². The summed E-state index contributed by atoms with van der Waals surface area (Å²) in [6.07, 6.45) is 2.35. The van der Waals surface area contributed by atoms with Crippen molar-refractivity contribution in [3.05, 3.63) is 0 Å². The molecule has 1 N–H and O–H groups in total. The Morgan fingerprint density at radius 1 is 1.20 bits per heavy atom. The van der Waals surface area contributed by atoms with Crippen molar-refractivity contribution in [2.45, 2.75) is 37.0 Å². The van der Waals surface area contributed by atoms with Crippen LogP contribution in [-0.4, -0.2) is 34.4 Å². The van der Waals surface area contributed by atoms with Gasteiger partial charge in [0.25, 0.3) is 0 Å². The Labute approximate surface area is 89.3 Å². The third-order valence-corrected chi connectivity index (χ3v) is 4.39. The zero-order valence-corrected chi connectivity index (χ0v) is 9.94. The van der Waals surface area contributed by atoms with E-state index in [0.29, 0.717) is 12.8 Å². The van der Waals surface area contributed by atoms with E-state index < -0.39 is 31.5 Å². The predicted octanol–water partition coefficient (Wildman–Crippen LogP) is 0.146. The fourth-order valence-corrected chi connectivity index (χ4v) is 3.54. The van der Waals surface area contributed by atoms with Crippen molar-refractivity contribution < 1.29 is 20.7 Å². The topological polar surface area (TPSA) is 80.3 Å². The van der Waals surface area contributed by atoms with Crippen molar-refractivity contribution in [2.24, 2.45) is 0 Å². The molecule has 0 saturated heterocycles. The molecule has 0 heterocycles. The molecule has 0 bridgehead atoms. The molecule has 2 unspecified atom stereocenters. The van der Waals surface area contributed by atoms with Gasteiger partial charge in [0.15, 0.2) is 0 Å². The van der Waals surface area contributed by atoms with Gasteiger partial charge in [0, 0.05) is 6.04 Å². The molecule has 1 fully saturated rings. The maximum Gasteiger partial charge on any atom is 0.305 e. The largest absolute Gasteiger partial charge is 0.305 e. The Kier molecular flexibility index (Phi) is 3.72. The molecule has 0 amide bonds. The van der Waals surface area contributed by atoms with Crippen LogP contribution < -0.4 is 4.72 Å². The second-order valence-corrected chi connectivity index (χ2v) is 7.25. The molecule has 1 saturated carbocycles.